The molecule has 1 aliphatic rings. The molecule has 0 aromatic carbocycles. The molecule has 1 fully saturated rings. The van der Waals surface area contributed by atoms with Crippen molar-refractivity contribution in [3.63, 3.8) is 0 Å². The number of rotatable bonds is 7. The van der Waals surface area contributed by atoms with Gasteiger partial charge in [0, 0.05) is 55.6 Å². The largest absolute Gasteiger partial charge is 0.382 e. The first kappa shape index (κ1) is 19.0. The van der Waals surface area contributed by atoms with Gasteiger partial charge in [-0.3, -0.25) is 4.40 Å². The minimum absolute atomic E-state index is 0.295. The number of hydrogen-bond donors (Lipinski definition) is 0. The molecule has 30 heavy (non-hydrogen) atoms. The van der Waals surface area contributed by atoms with Crippen molar-refractivity contribution < 1.29 is 9.47 Å². The molecule has 4 aromatic heterocycles. The second-order valence-electron chi connectivity index (χ2n) is 7.75. The normalized spacial score (nSPS) is 18.8. The summed E-state index contributed by atoms with van der Waals surface area (Å²) < 4.78 is 14.7. The highest BCUT2D eigenvalue weighted by molar-refractivity contribution is 5.79. The summed E-state index contributed by atoms with van der Waals surface area (Å²) in [5, 5.41) is 4.73. The Kier molecular flexibility index (Phi) is 4.84. The van der Waals surface area contributed by atoms with E-state index in [1.54, 1.807) is 7.11 Å². The Labute approximate surface area is 174 Å². The average molecular weight is 407 g/mol. The first-order chi connectivity index (χ1) is 14.6. The molecule has 156 valence electrons. The maximum absolute atomic E-state index is 5.78. The van der Waals surface area contributed by atoms with E-state index in [1.807, 2.05) is 53.7 Å². The molecule has 9 heteroatoms. The van der Waals surface area contributed by atoms with E-state index in [-0.39, 0.29) is 0 Å². The van der Waals surface area contributed by atoms with E-state index >= 15 is 0 Å². The number of aromatic nitrogens is 6. The van der Waals surface area contributed by atoms with Crippen LogP contribution in [-0.2, 0) is 9.47 Å². The fourth-order valence-electron chi connectivity index (χ4n) is 3.88. The number of fused-ring (bicyclic) bond motifs is 2. The second-order valence-corrected chi connectivity index (χ2v) is 7.75. The van der Waals surface area contributed by atoms with Crippen molar-refractivity contribution >= 4 is 17.2 Å². The topological polar surface area (TPSA) is 82.1 Å². The van der Waals surface area contributed by atoms with Gasteiger partial charge < -0.3 is 14.4 Å². The van der Waals surface area contributed by atoms with Crippen molar-refractivity contribution in [1.82, 2.24) is 29.0 Å². The molecule has 4 aromatic rings. The number of anilines is 1. The molecule has 0 aliphatic heterocycles. The van der Waals surface area contributed by atoms with E-state index in [4.69, 9.17) is 14.6 Å². The first-order valence-corrected chi connectivity index (χ1v) is 10.1. The zero-order valence-corrected chi connectivity index (χ0v) is 17.4. The summed E-state index contributed by atoms with van der Waals surface area (Å²) in [5.74, 6) is 1.41. The Morgan fingerprint density at radius 1 is 1.13 bits per heavy atom. The van der Waals surface area contributed by atoms with Gasteiger partial charge in [-0.25, -0.2) is 19.5 Å². The van der Waals surface area contributed by atoms with Gasteiger partial charge in [0.15, 0.2) is 0 Å². The van der Waals surface area contributed by atoms with Crippen LogP contribution in [0.5, 0.6) is 0 Å². The third-order valence-corrected chi connectivity index (χ3v) is 5.84. The molecule has 0 N–H and O–H groups in total. The van der Waals surface area contributed by atoms with Crippen LogP contribution >= 0.6 is 0 Å². The molecule has 4 heterocycles. The summed E-state index contributed by atoms with van der Waals surface area (Å²) >= 11 is 0. The molecule has 5 rings (SSSR count). The van der Waals surface area contributed by atoms with Crippen molar-refractivity contribution in [3.8, 4) is 11.1 Å². The smallest absolute Gasteiger partial charge is 0.243 e. The molecule has 0 saturated heterocycles. The number of methoxy groups -OCH3 is 1. The van der Waals surface area contributed by atoms with Crippen molar-refractivity contribution in [2.24, 2.45) is 0 Å². The summed E-state index contributed by atoms with van der Waals surface area (Å²) in [7, 11) is 3.73. The zero-order chi connectivity index (χ0) is 20.7. The lowest BCUT2D eigenvalue weighted by atomic mass is 9.88. The lowest BCUT2D eigenvalue weighted by Crippen LogP contribution is -2.47. The monoisotopic (exact) mass is 407 g/mol. The molecule has 0 atom stereocenters. The van der Waals surface area contributed by atoms with Crippen LogP contribution in [0, 0.1) is 6.92 Å². The summed E-state index contributed by atoms with van der Waals surface area (Å²) in [6.45, 7) is 3.29. The number of imidazole rings is 1. The van der Waals surface area contributed by atoms with Crippen LogP contribution in [-0.4, -0.2) is 68.5 Å². The first-order valence-electron chi connectivity index (χ1n) is 10.1. The second kappa shape index (κ2) is 7.66. The maximum atomic E-state index is 5.78. The molecular weight excluding hydrogens is 382 g/mol. The molecular formula is C21H25N7O2. The van der Waals surface area contributed by atoms with Crippen LogP contribution < -0.4 is 4.90 Å². The Bertz CT molecular complexity index is 1180. The molecule has 1 saturated carbocycles. The Hall–Kier alpha value is -3.04. The molecule has 0 amide bonds. The predicted octanol–water partition coefficient (Wildman–Crippen LogP) is 2.38. The van der Waals surface area contributed by atoms with Crippen molar-refractivity contribution in [3.05, 3.63) is 42.7 Å². The summed E-state index contributed by atoms with van der Waals surface area (Å²) in [5.41, 5.74) is 4.04. The van der Waals surface area contributed by atoms with E-state index in [1.165, 1.54) is 0 Å². The number of ether oxygens (including phenoxy) is 2. The van der Waals surface area contributed by atoms with Gasteiger partial charge in [-0.15, -0.1) is 5.10 Å². The number of hydrogen-bond acceptors (Lipinski definition) is 7. The van der Waals surface area contributed by atoms with Crippen molar-refractivity contribution in [1.29, 1.82) is 0 Å². The van der Waals surface area contributed by atoms with E-state index in [0.29, 0.717) is 37.1 Å². The van der Waals surface area contributed by atoms with E-state index < -0.39 is 0 Å². The lowest BCUT2D eigenvalue weighted by molar-refractivity contribution is -0.0301. The summed E-state index contributed by atoms with van der Waals surface area (Å²) in [4.78, 5) is 15.5. The van der Waals surface area contributed by atoms with Crippen LogP contribution in [0.1, 0.15) is 18.5 Å². The third kappa shape index (κ3) is 3.29. The highest BCUT2D eigenvalue weighted by atomic mass is 16.5. The van der Waals surface area contributed by atoms with Gasteiger partial charge in [0.2, 0.25) is 11.7 Å². The zero-order valence-electron chi connectivity index (χ0n) is 17.4. The molecule has 1 aliphatic carbocycles. The van der Waals surface area contributed by atoms with Crippen LogP contribution in [0.3, 0.4) is 0 Å². The van der Waals surface area contributed by atoms with Crippen LogP contribution in [0.4, 0.5) is 5.95 Å². The molecule has 0 bridgehead atoms. The van der Waals surface area contributed by atoms with E-state index in [0.717, 1.165) is 35.2 Å². The quantitative estimate of drug-likeness (QED) is 0.435. The van der Waals surface area contributed by atoms with Gasteiger partial charge in [0.1, 0.15) is 0 Å². The summed E-state index contributed by atoms with van der Waals surface area (Å²) in [6.07, 6.45) is 11.8. The van der Waals surface area contributed by atoms with Gasteiger partial charge in [0.05, 0.1) is 37.2 Å². The van der Waals surface area contributed by atoms with Gasteiger partial charge in [-0.05, 0) is 25.8 Å². The van der Waals surface area contributed by atoms with E-state index in [9.17, 15) is 0 Å². The highest BCUT2D eigenvalue weighted by Crippen LogP contribution is 2.30. The third-order valence-electron chi connectivity index (χ3n) is 5.84. The van der Waals surface area contributed by atoms with Crippen molar-refractivity contribution in [2.75, 3.05) is 32.3 Å². The molecule has 0 unspecified atom stereocenters. The maximum Gasteiger partial charge on any atom is 0.243 e. The van der Waals surface area contributed by atoms with Gasteiger partial charge in [-0.2, -0.15) is 0 Å². The predicted molar refractivity (Wildman–Crippen MR) is 113 cm³/mol. The van der Waals surface area contributed by atoms with Crippen LogP contribution in [0.25, 0.3) is 22.4 Å². The SMILES string of the molecule is COCCOC1CC(N(C)c2ncc3c(-c4cnc5ncc(C)n5c4)ccn3n2)C1. The molecule has 9 nitrogen and oxygen atoms in total. The number of aryl methyl sites for hydroxylation is 1. The Morgan fingerprint density at radius 2 is 1.97 bits per heavy atom. The van der Waals surface area contributed by atoms with Crippen molar-refractivity contribution in [2.45, 2.75) is 31.9 Å². The minimum atomic E-state index is 0.295. The number of nitrogens with zero attached hydrogens (tertiary/aromatic N) is 7. The molecule has 0 spiro atoms. The highest BCUT2D eigenvalue weighted by Gasteiger charge is 2.34. The minimum Gasteiger partial charge on any atom is -0.382 e. The molecule has 0 radical (unpaired) electrons. The van der Waals surface area contributed by atoms with Gasteiger partial charge >= 0.3 is 0 Å². The van der Waals surface area contributed by atoms with Crippen LogP contribution in [0.15, 0.2) is 37.1 Å². The Morgan fingerprint density at radius 3 is 2.80 bits per heavy atom. The lowest BCUT2D eigenvalue weighted by Gasteiger charge is -2.40. The summed E-state index contributed by atoms with van der Waals surface area (Å²) in [6, 6.07) is 2.44. The van der Waals surface area contributed by atoms with E-state index in [2.05, 4.69) is 26.0 Å². The average Bonchev–Trinajstić information content (AvgIpc) is 3.32. The van der Waals surface area contributed by atoms with Gasteiger partial charge in [-0.1, -0.05) is 0 Å². The Balaban J connectivity index is 1.34. The standard InChI is InChI=1S/C21H25N7O2/c1-14-10-22-20-23-11-15(13-27(14)20)18-4-5-28-19(18)12-24-21(25-28)26(2)16-8-17(9-16)30-7-6-29-3/h4-5,10-13,16-17H,6-9H2,1-3H3. The van der Waals surface area contributed by atoms with Crippen LogP contribution in [0.2, 0.25) is 0 Å². The van der Waals surface area contributed by atoms with Gasteiger partial charge in [0.25, 0.3) is 0 Å². The fraction of sp³-hybridized carbons (Fsp3) is 0.429. The fourth-order valence-corrected chi connectivity index (χ4v) is 3.88.